The number of hydrogen-bond acceptors (Lipinski definition) is 3. The number of carbonyl (C=O) groups excluding carboxylic acids is 1. The van der Waals surface area contributed by atoms with Crippen LogP contribution in [0.4, 0.5) is 13.2 Å². The van der Waals surface area contributed by atoms with E-state index < -0.39 is 24.3 Å². The molecule has 1 saturated carbocycles. The third-order valence-corrected chi connectivity index (χ3v) is 4.36. The summed E-state index contributed by atoms with van der Waals surface area (Å²) >= 11 is 0. The van der Waals surface area contributed by atoms with Crippen molar-refractivity contribution in [2.24, 2.45) is 5.41 Å². The van der Waals surface area contributed by atoms with Crippen LogP contribution in [0.3, 0.4) is 0 Å². The summed E-state index contributed by atoms with van der Waals surface area (Å²) in [7, 11) is 0. The van der Waals surface area contributed by atoms with E-state index in [1.807, 2.05) is 6.92 Å². The first-order valence-corrected chi connectivity index (χ1v) is 7.48. The second-order valence-electron chi connectivity index (χ2n) is 6.37. The largest absolute Gasteiger partial charge is 0.411 e. The number of nitrogens with one attached hydrogen (secondary N) is 2. The van der Waals surface area contributed by atoms with E-state index in [9.17, 15) is 18.0 Å². The molecule has 2 fully saturated rings. The summed E-state index contributed by atoms with van der Waals surface area (Å²) in [4.78, 5) is 12.3. The van der Waals surface area contributed by atoms with Crippen LogP contribution in [0, 0.1) is 5.41 Å². The van der Waals surface area contributed by atoms with Crippen LogP contribution >= 0.6 is 0 Å². The monoisotopic (exact) mass is 308 g/mol. The molecule has 0 spiro atoms. The molecule has 122 valence electrons. The molecule has 1 heterocycles. The minimum atomic E-state index is -4.29. The van der Waals surface area contributed by atoms with Gasteiger partial charge >= 0.3 is 6.18 Å². The highest BCUT2D eigenvalue weighted by molar-refractivity contribution is 5.83. The average molecular weight is 308 g/mol. The molecule has 1 aliphatic heterocycles. The Morgan fingerprint density at radius 1 is 1.43 bits per heavy atom. The van der Waals surface area contributed by atoms with Crippen LogP contribution in [0.15, 0.2) is 0 Å². The van der Waals surface area contributed by atoms with Gasteiger partial charge in [0, 0.05) is 12.6 Å². The van der Waals surface area contributed by atoms with Gasteiger partial charge in [-0.3, -0.25) is 4.79 Å². The summed E-state index contributed by atoms with van der Waals surface area (Å²) in [5.74, 6) is -0.00558. The molecule has 0 aromatic carbocycles. The summed E-state index contributed by atoms with van der Waals surface area (Å²) in [5.41, 5.74) is -0.403. The average Bonchev–Trinajstić information content (AvgIpc) is 2.84. The Balaban J connectivity index is 1.79. The van der Waals surface area contributed by atoms with Gasteiger partial charge in [0.15, 0.2) is 0 Å². The van der Waals surface area contributed by atoms with E-state index in [0.29, 0.717) is 19.4 Å². The third kappa shape index (κ3) is 4.85. The zero-order valence-electron chi connectivity index (χ0n) is 12.3. The quantitative estimate of drug-likeness (QED) is 0.835. The molecule has 0 bridgehead atoms. The fraction of sp³-hybridized carbons (Fsp3) is 0.929. The molecule has 21 heavy (non-hydrogen) atoms. The third-order valence-electron chi connectivity index (χ3n) is 4.36. The maximum absolute atomic E-state index is 12.3. The number of amides is 1. The number of hydrogen-bond donors (Lipinski definition) is 2. The van der Waals surface area contributed by atoms with Gasteiger partial charge < -0.3 is 15.4 Å². The summed E-state index contributed by atoms with van der Waals surface area (Å²) in [6, 6.07) is -0.0816. The van der Waals surface area contributed by atoms with Crippen LogP contribution in [-0.4, -0.2) is 43.9 Å². The molecule has 1 amide bonds. The van der Waals surface area contributed by atoms with Crippen LogP contribution in [0.1, 0.15) is 39.0 Å². The van der Waals surface area contributed by atoms with Crippen molar-refractivity contribution >= 4 is 5.91 Å². The van der Waals surface area contributed by atoms with E-state index in [1.54, 1.807) is 0 Å². The first kappa shape index (κ1) is 16.5. The number of carbonyl (C=O) groups is 1. The van der Waals surface area contributed by atoms with Crippen molar-refractivity contribution in [3.8, 4) is 0 Å². The second-order valence-corrected chi connectivity index (χ2v) is 6.37. The fourth-order valence-electron chi connectivity index (χ4n) is 3.01. The van der Waals surface area contributed by atoms with E-state index in [0.717, 1.165) is 25.8 Å². The minimum Gasteiger partial charge on any atom is -0.369 e. The van der Waals surface area contributed by atoms with Gasteiger partial charge in [-0.2, -0.15) is 13.2 Å². The van der Waals surface area contributed by atoms with Gasteiger partial charge in [0.25, 0.3) is 0 Å². The van der Waals surface area contributed by atoms with Crippen LogP contribution in [0.5, 0.6) is 0 Å². The van der Waals surface area contributed by atoms with Gasteiger partial charge in [0.1, 0.15) is 6.61 Å². The smallest absolute Gasteiger partial charge is 0.369 e. The Morgan fingerprint density at radius 3 is 2.81 bits per heavy atom. The zero-order chi connectivity index (χ0) is 15.5. The van der Waals surface area contributed by atoms with Crippen LogP contribution in [-0.2, 0) is 9.53 Å². The lowest BCUT2D eigenvalue weighted by Gasteiger charge is -2.32. The molecule has 3 unspecified atom stereocenters. The van der Waals surface area contributed by atoms with Gasteiger partial charge in [-0.25, -0.2) is 0 Å². The molecule has 0 aromatic rings. The molecular weight excluding hydrogens is 285 g/mol. The molecule has 7 heteroatoms. The van der Waals surface area contributed by atoms with Crippen LogP contribution in [0.2, 0.25) is 0 Å². The zero-order valence-corrected chi connectivity index (χ0v) is 12.3. The van der Waals surface area contributed by atoms with Crippen molar-refractivity contribution in [1.29, 1.82) is 0 Å². The molecule has 0 radical (unpaired) electrons. The van der Waals surface area contributed by atoms with Crippen LogP contribution in [0.25, 0.3) is 0 Å². The molecule has 2 rings (SSSR count). The molecule has 1 aliphatic carbocycles. The van der Waals surface area contributed by atoms with Crippen molar-refractivity contribution < 1.29 is 22.7 Å². The normalized spacial score (nSPS) is 33.9. The number of rotatable bonds is 4. The maximum Gasteiger partial charge on any atom is 0.411 e. The lowest BCUT2D eigenvalue weighted by Crippen LogP contribution is -2.47. The number of ether oxygens (including phenoxy) is 1. The van der Waals surface area contributed by atoms with Gasteiger partial charge in [-0.1, -0.05) is 0 Å². The highest BCUT2D eigenvalue weighted by atomic mass is 19.4. The van der Waals surface area contributed by atoms with Crippen molar-refractivity contribution in [1.82, 2.24) is 10.6 Å². The second kappa shape index (κ2) is 6.52. The van der Waals surface area contributed by atoms with E-state index >= 15 is 0 Å². The Bertz CT molecular complexity index is 368. The first-order chi connectivity index (χ1) is 9.78. The summed E-state index contributed by atoms with van der Waals surface area (Å²) < 4.78 is 41.4. The molecule has 2 aliphatic rings. The molecular formula is C14H23F3N2O2. The standard InChI is InChI=1S/C14H23F3N2O2/c1-13(5-6-18-8-13)12(20)19-10-3-2-4-11(7-10)21-9-14(15,16)17/h10-11,18H,2-9H2,1H3,(H,19,20). The van der Waals surface area contributed by atoms with Gasteiger partial charge in [-0.05, 0) is 45.6 Å². The molecule has 0 aromatic heterocycles. The Morgan fingerprint density at radius 2 is 2.19 bits per heavy atom. The molecule has 4 nitrogen and oxygen atoms in total. The molecule has 1 saturated heterocycles. The highest BCUT2D eigenvalue weighted by Gasteiger charge is 2.38. The first-order valence-electron chi connectivity index (χ1n) is 7.48. The maximum atomic E-state index is 12.3. The van der Waals surface area contributed by atoms with E-state index in [4.69, 9.17) is 4.74 Å². The summed E-state index contributed by atoms with van der Waals surface area (Å²) in [5, 5.41) is 6.15. The van der Waals surface area contributed by atoms with E-state index in [-0.39, 0.29) is 11.9 Å². The van der Waals surface area contributed by atoms with E-state index in [1.165, 1.54) is 0 Å². The molecule has 2 N–H and O–H groups in total. The van der Waals surface area contributed by atoms with Crippen molar-refractivity contribution in [2.75, 3.05) is 19.7 Å². The number of alkyl halides is 3. The van der Waals surface area contributed by atoms with Gasteiger partial charge in [0.2, 0.25) is 5.91 Å². The van der Waals surface area contributed by atoms with Gasteiger partial charge in [-0.15, -0.1) is 0 Å². The SMILES string of the molecule is CC1(C(=O)NC2CCCC(OCC(F)(F)F)C2)CCNC1. The van der Waals surface area contributed by atoms with Crippen molar-refractivity contribution in [3.63, 3.8) is 0 Å². The Labute approximate surface area is 122 Å². The van der Waals surface area contributed by atoms with Crippen molar-refractivity contribution in [3.05, 3.63) is 0 Å². The Kier molecular flexibility index (Phi) is 5.14. The summed E-state index contributed by atoms with van der Waals surface area (Å²) in [6.45, 7) is 2.19. The Hall–Kier alpha value is -0.820. The lowest BCUT2D eigenvalue weighted by atomic mass is 9.86. The topological polar surface area (TPSA) is 50.4 Å². The van der Waals surface area contributed by atoms with Gasteiger partial charge in [0.05, 0.1) is 11.5 Å². The molecule has 3 atom stereocenters. The number of halogens is 3. The van der Waals surface area contributed by atoms with Crippen LogP contribution < -0.4 is 10.6 Å². The van der Waals surface area contributed by atoms with Crippen molar-refractivity contribution in [2.45, 2.75) is 57.3 Å². The predicted octanol–water partition coefficient (Wildman–Crippen LogP) is 1.99. The predicted molar refractivity (Wildman–Crippen MR) is 71.8 cm³/mol. The summed E-state index contributed by atoms with van der Waals surface area (Å²) in [6.07, 6.45) is -1.24. The minimum absolute atomic E-state index is 0.00558. The highest BCUT2D eigenvalue weighted by Crippen LogP contribution is 2.28. The van der Waals surface area contributed by atoms with E-state index in [2.05, 4.69) is 10.6 Å². The lowest BCUT2D eigenvalue weighted by molar-refractivity contribution is -0.188. The fourth-order valence-corrected chi connectivity index (χ4v) is 3.01.